The van der Waals surface area contributed by atoms with E-state index in [2.05, 4.69) is 30.5 Å². The minimum absolute atomic E-state index is 0.0358. The highest BCUT2D eigenvalue weighted by Gasteiger charge is 2.16. The van der Waals surface area contributed by atoms with E-state index in [4.69, 9.17) is 11.6 Å². The second-order valence-corrected chi connectivity index (χ2v) is 7.94. The Bertz CT molecular complexity index is 676. The fourth-order valence-corrected chi connectivity index (χ4v) is 2.68. The van der Waals surface area contributed by atoms with Gasteiger partial charge in [0.2, 0.25) is 0 Å². The molecule has 0 fully saturated rings. The highest BCUT2D eigenvalue weighted by Crippen LogP contribution is 2.25. The van der Waals surface area contributed by atoms with Gasteiger partial charge >= 0.3 is 0 Å². The van der Waals surface area contributed by atoms with E-state index < -0.39 is 0 Å². The number of benzene rings is 1. The number of H-pyrrole nitrogens is 1. The van der Waals surface area contributed by atoms with Crippen LogP contribution in [0.1, 0.15) is 39.3 Å². The molecule has 1 aromatic heterocycles. The summed E-state index contributed by atoms with van der Waals surface area (Å²) in [6, 6.07) is 7.33. The van der Waals surface area contributed by atoms with Crippen molar-refractivity contribution in [2.45, 2.75) is 38.5 Å². The highest BCUT2D eigenvalue weighted by atomic mass is 35.5. The smallest absolute Gasteiger partial charge is 0.253 e. The molecule has 0 unspecified atom stereocenters. The lowest BCUT2D eigenvalue weighted by atomic mass is 10.1. The maximum Gasteiger partial charge on any atom is 0.253 e. The first-order chi connectivity index (χ1) is 9.26. The summed E-state index contributed by atoms with van der Waals surface area (Å²) < 4.78 is 3.42. The Hall–Kier alpha value is -0.970. The van der Waals surface area contributed by atoms with Crippen molar-refractivity contribution in [3.8, 4) is 0 Å². The van der Waals surface area contributed by atoms with Crippen molar-refractivity contribution in [3.05, 3.63) is 45.2 Å². The molecule has 1 aromatic carbocycles. The van der Waals surface area contributed by atoms with Crippen LogP contribution in [0.2, 0.25) is 5.02 Å². The van der Waals surface area contributed by atoms with Crippen molar-refractivity contribution in [2.24, 2.45) is 0 Å². The number of hydrogen-bond donors (Lipinski definition) is 2. The average Bonchev–Trinajstić information content (AvgIpc) is 2.35. The van der Waals surface area contributed by atoms with E-state index in [0.29, 0.717) is 5.02 Å². The molecule has 1 atom stereocenters. The summed E-state index contributed by atoms with van der Waals surface area (Å²) in [6.07, 6.45) is 0. The van der Waals surface area contributed by atoms with Crippen LogP contribution in [0.5, 0.6) is 0 Å². The molecule has 2 aromatic rings. The van der Waals surface area contributed by atoms with Gasteiger partial charge in [0.1, 0.15) is 0 Å². The van der Waals surface area contributed by atoms with E-state index in [1.54, 1.807) is 18.0 Å². The third kappa shape index (κ3) is 3.78. The van der Waals surface area contributed by atoms with Crippen LogP contribution < -0.4 is 10.3 Å². The van der Waals surface area contributed by atoms with Gasteiger partial charge in [-0.2, -0.15) is 0 Å². The van der Waals surface area contributed by atoms with Gasteiger partial charge in [-0.15, -0.1) is 0 Å². The van der Waals surface area contributed by atoms with Gasteiger partial charge in [0.05, 0.1) is 0 Å². The lowest BCUT2D eigenvalue weighted by Crippen LogP contribution is -2.25. The zero-order chi connectivity index (χ0) is 14.9. The molecular formula is C15H19ClN2OS. The summed E-state index contributed by atoms with van der Waals surface area (Å²) in [7, 11) is 0. The van der Waals surface area contributed by atoms with Crippen LogP contribution in [0, 0.1) is 0 Å². The lowest BCUT2D eigenvalue weighted by molar-refractivity contribution is 0.717. The normalized spacial score (nSPS) is 13.7. The largest absolute Gasteiger partial charge is 0.322 e. The van der Waals surface area contributed by atoms with Crippen LogP contribution in [-0.2, 0) is 0 Å². The van der Waals surface area contributed by atoms with Crippen LogP contribution in [0.3, 0.4) is 0 Å². The van der Waals surface area contributed by atoms with E-state index in [-0.39, 0.29) is 16.3 Å². The first kappa shape index (κ1) is 15.4. The Morgan fingerprint density at radius 3 is 2.65 bits per heavy atom. The Labute approximate surface area is 128 Å². The molecule has 0 aliphatic heterocycles. The summed E-state index contributed by atoms with van der Waals surface area (Å²) in [4.78, 5) is 15.0. The van der Waals surface area contributed by atoms with E-state index in [1.165, 1.54) is 0 Å². The molecule has 5 heteroatoms. The zero-order valence-electron chi connectivity index (χ0n) is 12.1. The topological polar surface area (TPSA) is 44.9 Å². The molecule has 0 aliphatic carbocycles. The third-order valence-electron chi connectivity index (χ3n) is 2.84. The molecule has 0 saturated heterocycles. The molecule has 0 aliphatic rings. The minimum atomic E-state index is -0.0608. The summed E-state index contributed by atoms with van der Waals surface area (Å²) in [5.74, 6) is 0. The Morgan fingerprint density at radius 1 is 1.30 bits per heavy atom. The quantitative estimate of drug-likeness (QED) is 0.832. The van der Waals surface area contributed by atoms with Gasteiger partial charge in [-0.25, -0.2) is 0 Å². The van der Waals surface area contributed by atoms with Crippen LogP contribution in [0.15, 0.2) is 29.1 Å². The Balaban J connectivity index is 2.33. The van der Waals surface area contributed by atoms with Crippen molar-refractivity contribution in [2.75, 3.05) is 0 Å². The molecule has 108 valence electrons. The first-order valence-electron chi connectivity index (χ1n) is 6.52. The van der Waals surface area contributed by atoms with Crippen molar-refractivity contribution >= 4 is 34.5 Å². The molecule has 0 radical (unpaired) electrons. The summed E-state index contributed by atoms with van der Waals surface area (Å²) in [5.41, 5.74) is 1.46. The molecule has 2 N–H and O–H groups in total. The molecule has 0 amide bonds. The molecule has 1 heterocycles. The zero-order valence-corrected chi connectivity index (χ0v) is 13.7. The van der Waals surface area contributed by atoms with Crippen molar-refractivity contribution < 1.29 is 0 Å². The number of nitrogens with one attached hydrogen (secondary N) is 2. The standard InChI is InChI=1S/C15H19ClN2OS/c1-9(18-20-15(2,3)4)12-8-10-7-11(16)5-6-13(10)17-14(12)19/h5-9,18H,1-4H3,(H,17,19)/t9-/m0/s1. The molecule has 20 heavy (non-hydrogen) atoms. The van der Waals surface area contributed by atoms with Crippen molar-refractivity contribution in [1.29, 1.82) is 0 Å². The fourth-order valence-electron chi connectivity index (χ4n) is 1.84. The number of aromatic nitrogens is 1. The summed E-state index contributed by atoms with van der Waals surface area (Å²) in [5, 5.41) is 1.61. The van der Waals surface area contributed by atoms with E-state index in [9.17, 15) is 4.79 Å². The highest BCUT2D eigenvalue weighted by molar-refractivity contribution is 7.98. The molecule has 2 rings (SSSR count). The van der Waals surface area contributed by atoms with Crippen LogP contribution >= 0.6 is 23.5 Å². The van der Waals surface area contributed by atoms with Gasteiger partial charge in [0, 0.05) is 32.3 Å². The number of pyridine rings is 1. The van der Waals surface area contributed by atoms with Crippen LogP contribution in [0.4, 0.5) is 0 Å². The Morgan fingerprint density at radius 2 is 2.00 bits per heavy atom. The summed E-state index contributed by atoms with van der Waals surface area (Å²) in [6.45, 7) is 8.37. The molecule has 0 bridgehead atoms. The van der Waals surface area contributed by atoms with Crippen molar-refractivity contribution in [3.63, 3.8) is 0 Å². The van der Waals surface area contributed by atoms with E-state index in [1.807, 2.05) is 25.1 Å². The monoisotopic (exact) mass is 310 g/mol. The molecule has 0 saturated carbocycles. The van der Waals surface area contributed by atoms with Crippen LogP contribution in [0.25, 0.3) is 10.9 Å². The minimum Gasteiger partial charge on any atom is -0.322 e. The third-order valence-corrected chi connectivity index (χ3v) is 4.16. The second kappa shape index (κ2) is 5.80. The van der Waals surface area contributed by atoms with Gasteiger partial charge in [-0.05, 0) is 52.0 Å². The van der Waals surface area contributed by atoms with Gasteiger partial charge in [0.25, 0.3) is 5.56 Å². The SMILES string of the molecule is C[C@H](NSC(C)(C)C)c1cc2cc(Cl)ccc2[nH]c1=O. The average molecular weight is 311 g/mol. The number of halogens is 1. The summed E-state index contributed by atoms with van der Waals surface area (Å²) >= 11 is 7.62. The number of hydrogen-bond acceptors (Lipinski definition) is 3. The molecule has 3 nitrogen and oxygen atoms in total. The second-order valence-electron chi connectivity index (χ2n) is 5.84. The molecule has 0 spiro atoms. The predicted molar refractivity (Wildman–Crippen MR) is 88.5 cm³/mol. The van der Waals surface area contributed by atoms with E-state index >= 15 is 0 Å². The van der Waals surface area contributed by atoms with Gasteiger partial charge in [-0.1, -0.05) is 23.5 Å². The number of fused-ring (bicyclic) bond motifs is 1. The van der Waals surface area contributed by atoms with Gasteiger partial charge < -0.3 is 4.98 Å². The van der Waals surface area contributed by atoms with Gasteiger partial charge in [-0.3, -0.25) is 9.52 Å². The number of rotatable bonds is 3. The predicted octanol–water partition coefficient (Wildman–Crippen LogP) is 4.28. The Kier molecular flexibility index (Phi) is 4.47. The van der Waals surface area contributed by atoms with E-state index in [0.717, 1.165) is 16.5 Å². The fraction of sp³-hybridized carbons (Fsp3) is 0.400. The van der Waals surface area contributed by atoms with Gasteiger partial charge in [0.15, 0.2) is 0 Å². The maximum absolute atomic E-state index is 12.1. The lowest BCUT2D eigenvalue weighted by Gasteiger charge is -2.21. The van der Waals surface area contributed by atoms with Crippen LogP contribution in [-0.4, -0.2) is 9.73 Å². The maximum atomic E-state index is 12.1. The molecular weight excluding hydrogens is 292 g/mol. The van der Waals surface area contributed by atoms with Crippen molar-refractivity contribution in [1.82, 2.24) is 9.71 Å². The number of aromatic amines is 1. The first-order valence-corrected chi connectivity index (χ1v) is 7.72.